The number of aryl methyl sites for hydroxylation is 1. The second-order valence-corrected chi connectivity index (χ2v) is 5.70. The Hall–Kier alpha value is -0.910. The fourth-order valence-corrected chi connectivity index (χ4v) is 2.78. The van der Waals surface area contributed by atoms with E-state index in [1.165, 1.54) is 5.69 Å². The Labute approximate surface area is 116 Å². The number of hydrogen-bond acceptors (Lipinski definition) is 4. The summed E-state index contributed by atoms with van der Waals surface area (Å²) in [5.74, 6) is 0. The van der Waals surface area contributed by atoms with Gasteiger partial charge in [-0.2, -0.15) is 0 Å². The third-order valence-electron chi connectivity index (χ3n) is 3.98. The zero-order valence-electron chi connectivity index (χ0n) is 12.6. The molecule has 1 atom stereocenters. The zero-order chi connectivity index (χ0) is 13.8. The van der Waals surface area contributed by atoms with Gasteiger partial charge in [-0.05, 0) is 20.9 Å². The molecule has 0 saturated carbocycles. The van der Waals surface area contributed by atoms with E-state index in [9.17, 15) is 0 Å². The third-order valence-corrected chi connectivity index (χ3v) is 3.98. The Bertz CT molecular complexity index is 379. The van der Waals surface area contributed by atoms with E-state index in [-0.39, 0.29) is 0 Å². The van der Waals surface area contributed by atoms with E-state index in [0.29, 0.717) is 12.1 Å². The molecule has 1 aliphatic heterocycles. The summed E-state index contributed by atoms with van der Waals surface area (Å²) in [6.07, 6.45) is 4.03. The maximum atomic E-state index is 4.53. The van der Waals surface area contributed by atoms with E-state index in [4.69, 9.17) is 0 Å². The molecule has 108 valence electrons. The number of nitrogens with one attached hydrogen (secondary N) is 1. The van der Waals surface area contributed by atoms with Crippen molar-refractivity contribution in [3.05, 3.63) is 18.2 Å². The summed E-state index contributed by atoms with van der Waals surface area (Å²) in [6.45, 7) is 10.1. The predicted octanol–water partition coefficient (Wildman–Crippen LogP) is 0.707. The molecule has 0 aromatic carbocycles. The van der Waals surface area contributed by atoms with Gasteiger partial charge in [-0.25, -0.2) is 4.98 Å². The molecule has 5 heteroatoms. The largest absolute Gasteiger partial charge is 0.340 e. The van der Waals surface area contributed by atoms with Crippen LogP contribution in [0.1, 0.15) is 25.6 Å². The molecule has 0 amide bonds. The molecule has 1 unspecified atom stereocenters. The molecule has 1 aromatic rings. The lowest BCUT2D eigenvalue weighted by Crippen LogP contribution is -2.51. The highest BCUT2D eigenvalue weighted by Crippen LogP contribution is 2.20. The van der Waals surface area contributed by atoms with Crippen molar-refractivity contribution in [3.63, 3.8) is 0 Å². The van der Waals surface area contributed by atoms with E-state index in [1.807, 2.05) is 25.0 Å². The highest BCUT2D eigenvalue weighted by molar-refractivity contribution is 5.05. The first kappa shape index (κ1) is 14.5. The summed E-state index contributed by atoms with van der Waals surface area (Å²) >= 11 is 0. The molecule has 2 heterocycles. The number of rotatable bonds is 5. The van der Waals surface area contributed by atoms with Gasteiger partial charge < -0.3 is 9.88 Å². The quantitative estimate of drug-likeness (QED) is 0.850. The number of piperazine rings is 1. The lowest BCUT2D eigenvalue weighted by Gasteiger charge is -2.40. The van der Waals surface area contributed by atoms with Gasteiger partial charge in [0.25, 0.3) is 0 Å². The van der Waals surface area contributed by atoms with Crippen molar-refractivity contribution < 1.29 is 0 Å². The van der Waals surface area contributed by atoms with Gasteiger partial charge in [-0.3, -0.25) is 9.80 Å². The van der Waals surface area contributed by atoms with Crippen molar-refractivity contribution in [2.75, 3.05) is 39.8 Å². The number of hydrogen-bond donors (Lipinski definition) is 1. The fraction of sp³-hybridized carbons (Fsp3) is 0.786. The van der Waals surface area contributed by atoms with Gasteiger partial charge in [0.05, 0.1) is 18.1 Å². The second-order valence-electron chi connectivity index (χ2n) is 5.70. The average molecular weight is 265 g/mol. The molecular formula is C14H27N5. The van der Waals surface area contributed by atoms with E-state index < -0.39 is 0 Å². The van der Waals surface area contributed by atoms with Crippen LogP contribution in [0.2, 0.25) is 0 Å². The predicted molar refractivity (Wildman–Crippen MR) is 78.2 cm³/mol. The molecule has 0 bridgehead atoms. The van der Waals surface area contributed by atoms with Crippen molar-refractivity contribution >= 4 is 0 Å². The topological polar surface area (TPSA) is 36.3 Å². The van der Waals surface area contributed by atoms with Gasteiger partial charge in [0.15, 0.2) is 0 Å². The van der Waals surface area contributed by atoms with Crippen molar-refractivity contribution in [2.24, 2.45) is 7.05 Å². The van der Waals surface area contributed by atoms with Crippen LogP contribution in [0.3, 0.4) is 0 Å². The molecule has 1 aliphatic rings. The second kappa shape index (κ2) is 6.50. The minimum atomic E-state index is 0.389. The minimum absolute atomic E-state index is 0.389. The Morgan fingerprint density at radius 3 is 2.32 bits per heavy atom. The van der Waals surface area contributed by atoms with Crippen LogP contribution < -0.4 is 5.32 Å². The highest BCUT2D eigenvalue weighted by Gasteiger charge is 2.26. The van der Waals surface area contributed by atoms with Gasteiger partial charge >= 0.3 is 0 Å². The summed E-state index contributed by atoms with van der Waals surface area (Å²) in [5, 5.41) is 3.30. The van der Waals surface area contributed by atoms with E-state index in [1.54, 1.807) is 0 Å². The first-order valence-electron chi connectivity index (χ1n) is 7.22. The molecule has 1 aromatic heterocycles. The Balaban J connectivity index is 2.01. The summed E-state index contributed by atoms with van der Waals surface area (Å²) in [6, 6.07) is 1.04. The maximum Gasteiger partial charge on any atom is 0.0947 e. The summed E-state index contributed by atoms with van der Waals surface area (Å²) < 4.78 is 2.03. The van der Waals surface area contributed by atoms with Crippen molar-refractivity contribution in [1.82, 2.24) is 24.7 Å². The first-order valence-corrected chi connectivity index (χ1v) is 7.22. The molecule has 5 nitrogen and oxygen atoms in total. The maximum absolute atomic E-state index is 4.53. The Morgan fingerprint density at radius 1 is 1.21 bits per heavy atom. The zero-order valence-corrected chi connectivity index (χ0v) is 12.6. The molecule has 1 N–H and O–H groups in total. The normalized spacial score (nSPS) is 20.1. The van der Waals surface area contributed by atoms with Gasteiger partial charge in [0, 0.05) is 52.0 Å². The fourth-order valence-electron chi connectivity index (χ4n) is 2.78. The molecule has 0 spiro atoms. The van der Waals surface area contributed by atoms with Crippen LogP contribution in [-0.2, 0) is 7.05 Å². The van der Waals surface area contributed by atoms with Crippen LogP contribution in [0, 0.1) is 0 Å². The lowest BCUT2D eigenvalue weighted by molar-refractivity contribution is 0.0768. The molecular weight excluding hydrogens is 238 g/mol. The molecule has 1 fully saturated rings. The monoisotopic (exact) mass is 265 g/mol. The number of nitrogens with zero attached hydrogens (tertiary/aromatic N) is 4. The Kier molecular flexibility index (Phi) is 4.96. The first-order chi connectivity index (χ1) is 9.11. The number of aromatic nitrogens is 2. The smallest absolute Gasteiger partial charge is 0.0947 e. The van der Waals surface area contributed by atoms with Crippen LogP contribution >= 0.6 is 0 Å². The minimum Gasteiger partial charge on any atom is -0.340 e. The lowest BCUT2D eigenvalue weighted by atomic mass is 10.1. The average Bonchev–Trinajstić information content (AvgIpc) is 2.82. The van der Waals surface area contributed by atoms with E-state index in [2.05, 4.69) is 40.1 Å². The van der Waals surface area contributed by atoms with Crippen molar-refractivity contribution in [1.29, 1.82) is 0 Å². The van der Waals surface area contributed by atoms with Crippen LogP contribution in [0.15, 0.2) is 12.5 Å². The molecule has 0 radical (unpaired) electrons. The van der Waals surface area contributed by atoms with Crippen LogP contribution in [-0.4, -0.2) is 65.2 Å². The molecule has 2 rings (SSSR count). The highest BCUT2D eigenvalue weighted by atomic mass is 15.3. The van der Waals surface area contributed by atoms with Crippen molar-refractivity contribution in [2.45, 2.75) is 25.9 Å². The number of imidazole rings is 1. The van der Waals surface area contributed by atoms with Crippen molar-refractivity contribution in [3.8, 4) is 0 Å². The molecule has 19 heavy (non-hydrogen) atoms. The summed E-state index contributed by atoms with van der Waals surface area (Å²) in [5.41, 5.74) is 1.18. The van der Waals surface area contributed by atoms with Gasteiger partial charge in [0.1, 0.15) is 0 Å². The van der Waals surface area contributed by atoms with Crippen LogP contribution in [0.25, 0.3) is 0 Å². The number of likely N-dealkylation sites (N-methyl/N-ethyl adjacent to an activating group) is 1. The summed E-state index contributed by atoms with van der Waals surface area (Å²) in [7, 11) is 4.05. The van der Waals surface area contributed by atoms with Gasteiger partial charge in [-0.1, -0.05) is 0 Å². The van der Waals surface area contributed by atoms with Gasteiger partial charge in [0.2, 0.25) is 0 Å². The van der Waals surface area contributed by atoms with E-state index in [0.717, 1.165) is 32.7 Å². The molecule has 1 saturated heterocycles. The van der Waals surface area contributed by atoms with E-state index >= 15 is 0 Å². The Morgan fingerprint density at radius 2 is 1.84 bits per heavy atom. The van der Waals surface area contributed by atoms with Gasteiger partial charge in [-0.15, -0.1) is 0 Å². The third kappa shape index (κ3) is 3.55. The summed E-state index contributed by atoms with van der Waals surface area (Å²) in [4.78, 5) is 9.63. The van der Waals surface area contributed by atoms with Crippen LogP contribution in [0.5, 0.6) is 0 Å². The standard InChI is InChI=1S/C14H27N5/c1-12(2)18-5-7-19(8-6-18)14(9-15-3)13-10-17(4)11-16-13/h10-12,14-15H,5-9H2,1-4H3. The SMILES string of the molecule is CNCC(c1cn(C)cn1)N1CCN(C(C)C)CC1. The molecule has 0 aliphatic carbocycles. The van der Waals surface area contributed by atoms with Crippen LogP contribution in [0.4, 0.5) is 0 Å².